The van der Waals surface area contributed by atoms with E-state index in [1.54, 1.807) is 0 Å². The van der Waals surface area contributed by atoms with Crippen LogP contribution in [0.2, 0.25) is 10.0 Å². The largest absolute Gasteiger partial charge is 0.318 e. The molecule has 1 aliphatic rings. The molecule has 0 bridgehead atoms. The predicted octanol–water partition coefficient (Wildman–Crippen LogP) is 5.02. The summed E-state index contributed by atoms with van der Waals surface area (Å²) in [5, 5.41) is 1.21. The van der Waals surface area contributed by atoms with Gasteiger partial charge in [0.05, 0.1) is 15.7 Å². The monoisotopic (exact) mass is 322 g/mol. The first-order chi connectivity index (χ1) is 10.1. The van der Waals surface area contributed by atoms with E-state index in [4.69, 9.17) is 23.2 Å². The average molecular weight is 323 g/mol. The zero-order chi connectivity index (χ0) is 14.8. The van der Waals surface area contributed by atoms with Crippen molar-refractivity contribution < 1.29 is 0 Å². The van der Waals surface area contributed by atoms with Crippen molar-refractivity contribution in [2.45, 2.75) is 26.3 Å². The zero-order valence-electron chi connectivity index (χ0n) is 12.2. The van der Waals surface area contributed by atoms with Crippen LogP contribution in [0.1, 0.15) is 25.5 Å². The fourth-order valence-corrected chi connectivity index (χ4v) is 3.29. The lowest BCUT2D eigenvalue weighted by atomic mass is 9.99. The summed E-state index contributed by atoms with van der Waals surface area (Å²) < 4.78 is 2.15. The number of hydrogen-bond acceptors (Lipinski definition) is 1. The van der Waals surface area contributed by atoms with Crippen LogP contribution in [0, 0.1) is 5.92 Å². The van der Waals surface area contributed by atoms with Crippen LogP contribution < -0.4 is 0 Å². The van der Waals surface area contributed by atoms with Crippen molar-refractivity contribution >= 4 is 23.2 Å². The van der Waals surface area contributed by atoms with Crippen LogP contribution in [0.25, 0.3) is 5.69 Å². The molecule has 2 aromatic rings. The maximum atomic E-state index is 6.35. The lowest BCUT2D eigenvalue weighted by molar-refractivity contribution is 0.182. The summed E-state index contributed by atoms with van der Waals surface area (Å²) in [5.74, 6) is 0.857. The quantitative estimate of drug-likeness (QED) is 0.770. The molecular formula is C17H20Cl2N2. The summed E-state index contributed by atoms with van der Waals surface area (Å²) in [6.07, 6.45) is 4.64. The first kappa shape index (κ1) is 15.0. The molecule has 1 fully saturated rings. The molecule has 0 N–H and O–H groups in total. The van der Waals surface area contributed by atoms with E-state index in [0.717, 1.165) is 18.2 Å². The van der Waals surface area contributed by atoms with E-state index < -0.39 is 0 Å². The number of likely N-dealkylation sites (tertiary alicyclic amines) is 1. The molecule has 0 atom stereocenters. The van der Waals surface area contributed by atoms with Crippen molar-refractivity contribution in [3.63, 3.8) is 0 Å². The number of hydrogen-bond donors (Lipinski definition) is 0. The highest BCUT2D eigenvalue weighted by Crippen LogP contribution is 2.30. The Hall–Kier alpha value is -0.960. The van der Waals surface area contributed by atoms with Gasteiger partial charge >= 0.3 is 0 Å². The van der Waals surface area contributed by atoms with Gasteiger partial charge in [0.15, 0.2) is 0 Å². The fraction of sp³-hybridized carbons (Fsp3) is 0.412. The van der Waals surface area contributed by atoms with E-state index in [2.05, 4.69) is 34.7 Å². The summed E-state index contributed by atoms with van der Waals surface area (Å²) in [5.41, 5.74) is 2.21. The highest BCUT2D eigenvalue weighted by atomic mass is 35.5. The molecule has 0 aliphatic carbocycles. The number of benzene rings is 1. The second-order valence-electron chi connectivity index (χ2n) is 5.90. The van der Waals surface area contributed by atoms with E-state index in [0.29, 0.717) is 10.0 Å². The van der Waals surface area contributed by atoms with E-state index in [9.17, 15) is 0 Å². The Morgan fingerprint density at radius 2 is 1.86 bits per heavy atom. The van der Waals surface area contributed by atoms with Crippen molar-refractivity contribution in [2.75, 3.05) is 13.1 Å². The lowest BCUT2D eigenvalue weighted by Crippen LogP contribution is -2.32. The first-order valence-corrected chi connectivity index (χ1v) is 8.23. The maximum absolute atomic E-state index is 6.35. The minimum Gasteiger partial charge on any atom is -0.318 e. The smallest absolute Gasteiger partial charge is 0.0832 e. The first-order valence-electron chi connectivity index (χ1n) is 7.48. The van der Waals surface area contributed by atoms with Crippen LogP contribution in [0.15, 0.2) is 36.5 Å². The van der Waals surface area contributed by atoms with Crippen LogP contribution in [0.3, 0.4) is 0 Å². The maximum Gasteiger partial charge on any atom is 0.0832 e. The number of halogens is 2. The highest BCUT2D eigenvalue weighted by molar-refractivity contribution is 6.43. The molecule has 21 heavy (non-hydrogen) atoms. The summed E-state index contributed by atoms with van der Waals surface area (Å²) in [6.45, 7) is 5.65. The minimum absolute atomic E-state index is 0.598. The molecule has 2 heterocycles. The second kappa shape index (κ2) is 6.43. The zero-order valence-corrected chi connectivity index (χ0v) is 13.7. The van der Waals surface area contributed by atoms with Gasteiger partial charge in [-0.1, -0.05) is 36.2 Å². The molecule has 2 nitrogen and oxygen atoms in total. The van der Waals surface area contributed by atoms with Crippen molar-refractivity contribution in [3.05, 3.63) is 52.3 Å². The molecule has 1 saturated heterocycles. The van der Waals surface area contributed by atoms with Crippen molar-refractivity contribution in [3.8, 4) is 5.69 Å². The molecule has 0 amide bonds. The van der Waals surface area contributed by atoms with Crippen molar-refractivity contribution in [2.24, 2.45) is 5.92 Å². The van der Waals surface area contributed by atoms with E-state index in [1.807, 2.05) is 18.2 Å². The van der Waals surface area contributed by atoms with Crippen LogP contribution in [0.5, 0.6) is 0 Å². The molecule has 0 spiro atoms. The van der Waals surface area contributed by atoms with Gasteiger partial charge in [0.1, 0.15) is 0 Å². The van der Waals surface area contributed by atoms with Crippen molar-refractivity contribution in [1.82, 2.24) is 9.47 Å². The number of nitrogens with zero attached hydrogens (tertiary/aromatic N) is 2. The minimum atomic E-state index is 0.598. The summed E-state index contributed by atoms with van der Waals surface area (Å²) >= 11 is 12.5. The molecule has 3 rings (SSSR count). The Kier molecular flexibility index (Phi) is 4.58. The van der Waals surface area contributed by atoms with Gasteiger partial charge in [-0.25, -0.2) is 0 Å². The number of piperidine rings is 1. The SMILES string of the molecule is CC1CCN(Cc2cccn2-c2cccc(Cl)c2Cl)CC1. The van der Waals surface area contributed by atoms with Gasteiger partial charge in [0, 0.05) is 18.4 Å². The number of rotatable bonds is 3. The molecule has 0 unspecified atom stereocenters. The molecule has 4 heteroatoms. The summed E-state index contributed by atoms with van der Waals surface area (Å²) in [7, 11) is 0. The molecule has 1 aromatic heterocycles. The summed E-state index contributed by atoms with van der Waals surface area (Å²) in [6, 6.07) is 10.0. The Labute approximate surface area is 136 Å². The highest BCUT2D eigenvalue weighted by Gasteiger charge is 2.17. The Morgan fingerprint density at radius 1 is 1.10 bits per heavy atom. The third kappa shape index (κ3) is 3.28. The average Bonchev–Trinajstić information content (AvgIpc) is 2.92. The van der Waals surface area contributed by atoms with Crippen LogP contribution in [-0.4, -0.2) is 22.6 Å². The predicted molar refractivity (Wildman–Crippen MR) is 89.5 cm³/mol. The molecule has 0 radical (unpaired) electrons. The van der Waals surface area contributed by atoms with Gasteiger partial charge in [-0.05, 0) is 56.1 Å². The van der Waals surface area contributed by atoms with Crippen molar-refractivity contribution in [1.29, 1.82) is 0 Å². The Bertz CT molecular complexity index is 613. The topological polar surface area (TPSA) is 8.17 Å². The van der Waals surface area contributed by atoms with Gasteiger partial charge in [-0.2, -0.15) is 0 Å². The summed E-state index contributed by atoms with van der Waals surface area (Å²) in [4.78, 5) is 2.52. The van der Waals surface area contributed by atoms with Gasteiger partial charge in [-0.15, -0.1) is 0 Å². The molecule has 1 aliphatic heterocycles. The molecule has 112 valence electrons. The van der Waals surface area contributed by atoms with Gasteiger partial charge in [0.25, 0.3) is 0 Å². The number of aromatic nitrogens is 1. The van der Waals surface area contributed by atoms with Gasteiger partial charge < -0.3 is 4.57 Å². The van der Waals surface area contributed by atoms with Gasteiger partial charge in [-0.3, -0.25) is 4.90 Å². The third-order valence-corrected chi connectivity index (χ3v) is 5.09. The van der Waals surface area contributed by atoms with Crippen LogP contribution in [-0.2, 0) is 6.54 Å². The van der Waals surface area contributed by atoms with E-state index in [-0.39, 0.29) is 0 Å². The van der Waals surface area contributed by atoms with Crippen LogP contribution in [0.4, 0.5) is 0 Å². The standard InChI is InChI=1S/C17H20Cl2N2/c1-13-7-10-20(11-8-13)12-14-4-3-9-21(14)16-6-2-5-15(18)17(16)19/h2-6,9,13H,7-8,10-12H2,1H3. The fourth-order valence-electron chi connectivity index (χ4n) is 2.91. The molecule has 0 saturated carbocycles. The Morgan fingerprint density at radius 3 is 2.62 bits per heavy atom. The normalized spacial score (nSPS) is 17.3. The third-order valence-electron chi connectivity index (χ3n) is 4.29. The molecular weight excluding hydrogens is 303 g/mol. The van der Waals surface area contributed by atoms with Crippen LogP contribution >= 0.6 is 23.2 Å². The van der Waals surface area contributed by atoms with E-state index in [1.165, 1.54) is 31.6 Å². The Balaban J connectivity index is 1.82. The second-order valence-corrected chi connectivity index (χ2v) is 6.69. The molecule has 1 aromatic carbocycles. The van der Waals surface area contributed by atoms with Gasteiger partial charge in [0.2, 0.25) is 0 Å². The van der Waals surface area contributed by atoms with E-state index >= 15 is 0 Å². The lowest BCUT2D eigenvalue weighted by Gasteiger charge is -2.30.